The number of hydrogen-bond donors (Lipinski definition) is 4. The summed E-state index contributed by atoms with van der Waals surface area (Å²) in [5, 5.41) is 27.6. The fourth-order valence-corrected chi connectivity index (χ4v) is 4.19. The van der Waals surface area contributed by atoms with Crippen molar-refractivity contribution in [2.45, 2.75) is 20.3 Å². The Morgan fingerprint density at radius 3 is 2.03 bits per heavy atom. The fraction of sp³-hybridized carbons (Fsp3) is 0.130. The van der Waals surface area contributed by atoms with E-state index in [2.05, 4.69) is 11.4 Å². The summed E-state index contributed by atoms with van der Waals surface area (Å²) in [5.41, 5.74) is 18.8. The molecule has 0 saturated heterocycles. The average molecular weight is 425 g/mol. The molecule has 6 N–H and O–H groups in total. The van der Waals surface area contributed by atoms with Gasteiger partial charge in [-0.3, -0.25) is 0 Å². The van der Waals surface area contributed by atoms with Crippen LogP contribution < -0.4 is 11.5 Å². The number of thiophene rings is 2. The summed E-state index contributed by atoms with van der Waals surface area (Å²) in [6, 6.07) is 11.1. The molecule has 2 aromatic carbocycles. The van der Waals surface area contributed by atoms with Gasteiger partial charge in [-0.05, 0) is 94.0 Å². The molecular formula is C23H24N2O2S2. The van der Waals surface area contributed by atoms with Crippen molar-refractivity contribution in [3.8, 4) is 22.6 Å². The lowest BCUT2D eigenvalue weighted by Gasteiger charge is -2.07. The molecule has 0 atom stereocenters. The zero-order valence-electron chi connectivity index (χ0n) is 16.3. The van der Waals surface area contributed by atoms with Crippen molar-refractivity contribution in [2.24, 2.45) is 0 Å². The van der Waals surface area contributed by atoms with Crippen LogP contribution in [0.15, 0.2) is 57.9 Å². The zero-order chi connectivity index (χ0) is 21.0. The van der Waals surface area contributed by atoms with Gasteiger partial charge in [-0.2, -0.15) is 22.7 Å². The number of hydrogen-bond acceptors (Lipinski definition) is 6. The van der Waals surface area contributed by atoms with Crippen molar-refractivity contribution < 1.29 is 10.2 Å². The van der Waals surface area contributed by atoms with Crippen LogP contribution in [0.25, 0.3) is 11.1 Å². The first-order chi connectivity index (χ1) is 13.8. The average Bonchev–Trinajstić information content (AvgIpc) is 3.37. The Morgan fingerprint density at radius 1 is 0.793 bits per heavy atom. The number of anilines is 2. The molecule has 0 aliphatic rings. The zero-order valence-corrected chi connectivity index (χ0v) is 18.0. The first-order valence-electron chi connectivity index (χ1n) is 9.06. The predicted molar refractivity (Wildman–Crippen MR) is 125 cm³/mol. The van der Waals surface area contributed by atoms with Crippen molar-refractivity contribution in [1.82, 2.24) is 0 Å². The summed E-state index contributed by atoms with van der Waals surface area (Å²) in [6.07, 6.45) is 0.736. The second-order valence-electron chi connectivity index (χ2n) is 6.88. The molecule has 2 heterocycles. The highest BCUT2D eigenvalue weighted by atomic mass is 32.1. The summed E-state index contributed by atoms with van der Waals surface area (Å²) < 4.78 is 0. The lowest BCUT2D eigenvalue weighted by molar-refractivity contribution is 0.469. The van der Waals surface area contributed by atoms with E-state index < -0.39 is 0 Å². The van der Waals surface area contributed by atoms with Crippen LogP contribution in [0.2, 0.25) is 0 Å². The second kappa shape index (κ2) is 9.03. The summed E-state index contributed by atoms with van der Waals surface area (Å²) in [5.74, 6) is 0.614. The number of nitrogen functional groups attached to an aromatic ring is 2. The van der Waals surface area contributed by atoms with Gasteiger partial charge in [0.1, 0.15) is 11.5 Å². The predicted octanol–water partition coefficient (Wildman–Crippen LogP) is 5.95. The molecule has 0 radical (unpaired) electrons. The molecule has 0 spiro atoms. The lowest BCUT2D eigenvalue weighted by atomic mass is 10.0. The smallest absolute Gasteiger partial charge is 0.123 e. The van der Waals surface area contributed by atoms with Crippen molar-refractivity contribution in [3.63, 3.8) is 0 Å². The van der Waals surface area contributed by atoms with Crippen LogP contribution in [0.4, 0.5) is 11.4 Å². The van der Waals surface area contributed by atoms with E-state index in [1.54, 1.807) is 34.8 Å². The van der Waals surface area contributed by atoms with Crippen molar-refractivity contribution in [3.05, 3.63) is 80.2 Å². The molecule has 29 heavy (non-hydrogen) atoms. The van der Waals surface area contributed by atoms with Gasteiger partial charge >= 0.3 is 0 Å². The van der Waals surface area contributed by atoms with E-state index in [-0.39, 0.29) is 5.75 Å². The molecule has 2 aromatic heterocycles. The van der Waals surface area contributed by atoms with Crippen molar-refractivity contribution in [2.75, 3.05) is 11.5 Å². The molecule has 0 amide bonds. The van der Waals surface area contributed by atoms with E-state index >= 15 is 0 Å². The molecule has 4 aromatic rings. The van der Waals surface area contributed by atoms with Gasteiger partial charge in [0.15, 0.2) is 0 Å². The van der Waals surface area contributed by atoms with Crippen LogP contribution in [0, 0.1) is 13.8 Å². The molecule has 0 aliphatic carbocycles. The Labute approximate surface area is 178 Å². The molecular weight excluding hydrogens is 400 g/mol. The standard InChI is InChI=1S/C12H13NOS.C11H11NOS/c1-8-4-12(14)10(6-11(8)13)5-9-2-3-15-7-9;1-7-4-11(13)9(5-10(7)12)8-2-3-14-6-8/h2-4,6-7,14H,5,13H2,1H3;2-6,13H,12H2,1H3. The minimum atomic E-state index is 0.287. The summed E-state index contributed by atoms with van der Waals surface area (Å²) in [6.45, 7) is 3.77. The summed E-state index contributed by atoms with van der Waals surface area (Å²) in [7, 11) is 0. The van der Waals surface area contributed by atoms with Gasteiger partial charge in [0, 0.05) is 28.9 Å². The highest BCUT2D eigenvalue weighted by Crippen LogP contribution is 2.34. The maximum atomic E-state index is 9.76. The van der Waals surface area contributed by atoms with Gasteiger partial charge < -0.3 is 21.7 Å². The molecule has 0 aliphatic heterocycles. The van der Waals surface area contributed by atoms with E-state index in [0.717, 1.165) is 39.9 Å². The first-order valence-corrected chi connectivity index (χ1v) is 10.9. The van der Waals surface area contributed by atoms with Gasteiger partial charge in [-0.15, -0.1) is 0 Å². The van der Waals surface area contributed by atoms with E-state index in [9.17, 15) is 10.2 Å². The highest BCUT2D eigenvalue weighted by molar-refractivity contribution is 7.08. The van der Waals surface area contributed by atoms with Crippen LogP contribution in [0.3, 0.4) is 0 Å². The monoisotopic (exact) mass is 424 g/mol. The van der Waals surface area contributed by atoms with E-state index in [4.69, 9.17) is 11.5 Å². The van der Waals surface area contributed by atoms with E-state index in [1.807, 2.05) is 48.2 Å². The van der Waals surface area contributed by atoms with Gasteiger partial charge in [0.25, 0.3) is 0 Å². The molecule has 6 heteroatoms. The number of phenolic OH excluding ortho intramolecular Hbond substituents is 2. The molecule has 0 fully saturated rings. The highest BCUT2D eigenvalue weighted by Gasteiger charge is 2.07. The number of nitrogens with two attached hydrogens (primary N) is 2. The van der Waals surface area contributed by atoms with Gasteiger partial charge in [-0.1, -0.05) is 0 Å². The second-order valence-corrected chi connectivity index (χ2v) is 8.44. The molecule has 0 bridgehead atoms. The van der Waals surface area contributed by atoms with Gasteiger partial charge in [0.2, 0.25) is 0 Å². The van der Waals surface area contributed by atoms with Gasteiger partial charge in [0.05, 0.1) is 0 Å². The van der Waals surface area contributed by atoms with Crippen LogP contribution in [0.5, 0.6) is 11.5 Å². The van der Waals surface area contributed by atoms with Crippen LogP contribution >= 0.6 is 22.7 Å². The Hall–Kier alpha value is -2.96. The van der Waals surface area contributed by atoms with Crippen molar-refractivity contribution in [1.29, 1.82) is 0 Å². The van der Waals surface area contributed by atoms with Gasteiger partial charge in [-0.25, -0.2) is 0 Å². The number of rotatable bonds is 3. The molecule has 4 nitrogen and oxygen atoms in total. The lowest BCUT2D eigenvalue weighted by Crippen LogP contribution is -1.94. The number of benzene rings is 2. The van der Waals surface area contributed by atoms with Crippen LogP contribution in [-0.2, 0) is 6.42 Å². The van der Waals surface area contributed by atoms with Crippen LogP contribution in [0.1, 0.15) is 22.3 Å². The SMILES string of the molecule is Cc1cc(O)c(-c2ccsc2)cc1N.Cc1cc(O)c(Cc2ccsc2)cc1N. The number of phenols is 2. The minimum absolute atomic E-state index is 0.287. The Bertz CT molecular complexity index is 1090. The molecule has 4 rings (SSSR count). The largest absolute Gasteiger partial charge is 0.508 e. The molecule has 150 valence electrons. The van der Waals surface area contributed by atoms with Crippen molar-refractivity contribution >= 4 is 34.0 Å². The third-order valence-electron chi connectivity index (χ3n) is 4.66. The molecule has 0 unspecified atom stereocenters. The Kier molecular flexibility index (Phi) is 6.46. The first kappa shape index (κ1) is 20.8. The Morgan fingerprint density at radius 2 is 1.41 bits per heavy atom. The fourth-order valence-electron chi connectivity index (χ4n) is 2.87. The topological polar surface area (TPSA) is 92.5 Å². The minimum Gasteiger partial charge on any atom is -0.508 e. The summed E-state index contributed by atoms with van der Waals surface area (Å²) >= 11 is 3.26. The third-order valence-corrected chi connectivity index (χ3v) is 6.07. The van der Waals surface area contributed by atoms with E-state index in [0.29, 0.717) is 11.4 Å². The summed E-state index contributed by atoms with van der Waals surface area (Å²) in [4.78, 5) is 0. The van der Waals surface area contributed by atoms with Crippen LogP contribution in [-0.4, -0.2) is 10.2 Å². The third kappa shape index (κ3) is 5.10. The number of aromatic hydroxyl groups is 2. The Balaban J connectivity index is 0.000000166. The molecule has 0 saturated carbocycles. The number of aryl methyl sites for hydroxylation is 2. The maximum Gasteiger partial charge on any atom is 0.123 e. The quantitative estimate of drug-likeness (QED) is 0.242. The van der Waals surface area contributed by atoms with E-state index in [1.165, 1.54) is 5.56 Å². The maximum absolute atomic E-state index is 9.76. The normalized spacial score (nSPS) is 10.4.